The smallest absolute Gasteiger partial charge is 0.309 e. The van der Waals surface area contributed by atoms with Crippen LogP contribution in [-0.4, -0.2) is 47.1 Å². The van der Waals surface area contributed by atoms with Gasteiger partial charge in [-0.05, 0) is 20.0 Å². The molecule has 16 heavy (non-hydrogen) atoms. The van der Waals surface area contributed by atoms with Crippen LogP contribution in [0.1, 0.15) is 12.1 Å². The molecule has 0 bridgehead atoms. The van der Waals surface area contributed by atoms with Crippen LogP contribution < -0.4 is 5.32 Å². The average molecular weight is 241 g/mol. The number of carbonyl (C=O) groups is 1. The van der Waals surface area contributed by atoms with Gasteiger partial charge in [-0.1, -0.05) is 0 Å². The highest BCUT2D eigenvalue weighted by Crippen LogP contribution is 2.19. The van der Waals surface area contributed by atoms with E-state index in [9.17, 15) is 4.79 Å². The summed E-state index contributed by atoms with van der Waals surface area (Å²) in [6.07, 6.45) is 1.12. The second kappa shape index (κ2) is 4.80. The van der Waals surface area contributed by atoms with Crippen molar-refractivity contribution in [3.05, 3.63) is 11.1 Å². The van der Waals surface area contributed by atoms with Crippen LogP contribution in [0.4, 0.5) is 5.13 Å². The summed E-state index contributed by atoms with van der Waals surface area (Å²) in [6.45, 7) is 2.12. The van der Waals surface area contributed by atoms with Gasteiger partial charge in [0.05, 0.1) is 12.1 Å². The minimum atomic E-state index is -0.836. The Morgan fingerprint density at radius 2 is 2.62 bits per heavy atom. The fourth-order valence-electron chi connectivity index (χ4n) is 1.84. The van der Waals surface area contributed by atoms with E-state index < -0.39 is 5.97 Å². The number of aliphatic carboxylic acids is 1. The van der Waals surface area contributed by atoms with Crippen LogP contribution in [0.5, 0.6) is 0 Å². The van der Waals surface area contributed by atoms with Gasteiger partial charge in [0.2, 0.25) is 0 Å². The lowest BCUT2D eigenvalue weighted by Crippen LogP contribution is -2.23. The minimum absolute atomic E-state index is 0.00273. The van der Waals surface area contributed by atoms with Gasteiger partial charge in [0.1, 0.15) is 0 Å². The zero-order valence-electron chi connectivity index (χ0n) is 9.14. The molecule has 1 aliphatic rings. The molecule has 2 heterocycles. The van der Waals surface area contributed by atoms with Gasteiger partial charge in [-0.2, -0.15) is 0 Å². The molecule has 1 aromatic rings. The standard InChI is InChI=1S/C10H15N3O2S/c1-13-3-2-7(5-13)11-10-12-8(6-16-10)4-9(14)15/h6-7H,2-5H2,1H3,(H,11,12)(H,14,15). The largest absolute Gasteiger partial charge is 0.481 e. The maximum Gasteiger partial charge on any atom is 0.309 e. The lowest BCUT2D eigenvalue weighted by atomic mass is 10.3. The van der Waals surface area contributed by atoms with E-state index in [0.717, 1.165) is 24.6 Å². The van der Waals surface area contributed by atoms with Crippen LogP contribution in [0.15, 0.2) is 5.38 Å². The van der Waals surface area contributed by atoms with Crippen LogP contribution >= 0.6 is 11.3 Å². The first-order valence-corrected chi connectivity index (χ1v) is 6.13. The first-order valence-electron chi connectivity index (χ1n) is 5.25. The molecule has 1 aromatic heterocycles. The third-order valence-electron chi connectivity index (χ3n) is 2.60. The summed E-state index contributed by atoms with van der Waals surface area (Å²) in [4.78, 5) is 17.0. The lowest BCUT2D eigenvalue weighted by molar-refractivity contribution is -0.136. The third-order valence-corrected chi connectivity index (χ3v) is 3.43. The number of nitrogens with zero attached hydrogens (tertiary/aromatic N) is 2. The molecule has 1 saturated heterocycles. The Labute approximate surface area is 98.1 Å². The van der Waals surface area contributed by atoms with Crippen molar-refractivity contribution in [2.24, 2.45) is 0 Å². The molecule has 1 aliphatic heterocycles. The minimum Gasteiger partial charge on any atom is -0.481 e. The molecule has 0 aliphatic carbocycles. The molecule has 0 aromatic carbocycles. The quantitative estimate of drug-likeness (QED) is 0.819. The van der Waals surface area contributed by atoms with Crippen molar-refractivity contribution >= 4 is 22.4 Å². The summed E-state index contributed by atoms with van der Waals surface area (Å²) >= 11 is 1.48. The Morgan fingerprint density at radius 3 is 3.25 bits per heavy atom. The summed E-state index contributed by atoms with van der Waals surface area (Å²) in [7, 11) is 2.10. The van der Waals surface area contributed by atoms with Gasteiger partial charge >= 0.3 is 5.97 Å². The molecule has 2 N–H and O–H groups in total. The van der Waals surface area contributed by atoms with Gasteiger partial charge in [0, 0.05) is 18.0 Å². The van der Waals surface area contributed by atoms with E-state index in [4.69, 9.17) is 5.11 Å². The first-order chi connectivity index (χ1) is 7.63. The monoisotopic (exact) mass is 241 g/mol. The van der Waals surface area contributed by atoms with E-state index in [1.807, 2.05) is 0 Å². The van der Waals surface area contributed by atoms with Crippen molar-refractivity contribution in [2.45, 2.75) is 18.9 Å². The van der Waals surface area contributed by atoms with Gasteiger partial charge in [-0.15, -0.1) is 11.3 Å². The van der Waals surface area contributed by atoms with Crippen molar-refractivity contribution in [3.8, 4) is 0 Å². The maximum absolute atomic E-state index is 10.5. The normalized spacial score (nSPS) is 21.2. The lowest BCUT2D eigenvalue weighted by Gasteiger charge is -2.11. The molecule has 1 unspecified atom stereocenters. The molecule has 0 saturated carbocycles. The van der Waals surface area contributed by atoms with Crippen LogP contribution in [0.3, 0.4) is 0 Å². The molecule has 1 atom stereocenters. The molecule has 6 heteroatoms. The van der Waals surface area contributed by atoms with Gasteiger partial charge in [0.15, 0.2) is 5.13 Å². The Morgan fingerprint density at radius 1 is 1.81 bits per heavy atom. The van der Waals surface area contributed by atoms with E-state index in [1.54, 1.807) is 5.38 Å². The van der Waals surface area contributed by atoms with Crippen molar-refractivity contribution in [1.82, 2.24) is 9.88 Å². The highest BCUT2D eigenvalue weighted by molar-refractivity contribution is 7.13. The predicted molar refractivity (Wildman–Crippen MR) is 63.0 cm³/mol. The van der Waals surface area contributed by atoms with E-state index in [-0.39, 0.29) is 6.42 Å². The Kier molecular flexibility index (Phi) is 3.40. The number of likely N-dealkylation sites (tertiary alicyclic amines) is 1. The van der Waals surface area contributed by atoms with Crippen molar-refractivity contribution < 1.29 is 9.90 Å². The SMILES string of the molecule is CN1CCC(Nc2nc(CC(=O)O)cs2)C1. The topological polar surface area (TPSA) is 65.5 Å². The molecule has 0 radical (unpaired) electrons. The number of nitrogens with one attached hydrogen (secondary N) is 1. The second-order valence-electron chi connectivity index (χ2n) is 4.11. The number of carboxylic acids is 1. The Hall–Kier alpha value is -1.14. The number of likely N-dealkylation sites (N-methyl/N-ethyl adjacent to an activating group) is 1. The molecular formula is C10H15N3O2S. The maximum atomic E-state index is 10.5. The van der Waals surface area contributed by atoms with Crippen molar-refractivity contribution in [1.29, 1.82) is 0 Å². The number of anilines is 1. The van der Waals surface area contributed by atoms with Gasteiger partial charge in [-0.3, -0.25) is 4.79 Å². The van der Waals surface area contributed by atoms with E-state index >= 15 is 0 Å². The predicted octanol–water partition coefficient (Wildman–Crippen LogP) is 0.886. The zero-order valence-corrected chi connectivity index (χ0v) is 9.96. The van der Waals surface area contributed by atoms with E-state index in [2.05, 4.69) is 22.2 Å². The molecule has 1 fully saturated rings. The Bertz CT molecular complexity index is 380. The summed E-state index contributed by atoms with van der Waals surface area (Å²) in [5.74, 6) is -0.836. The summed E-state index contributed by atoms with van der Waals surface area (Å²) in [6, 6.07) is 0.439. The van der Waals surface area contributed by atoms with Gasteiger partial charge in [-0.25, -0.2) is 4.98 Å². The zero-order chi connectivity index (χ0) is 11.5. The molecular weight excluding hydrogens is 226 g/mol. The Balaban J connectivity index is 1.90. The summed E-state index contributed by atoms with van der Waals surface area (Å²) < 4.78 is 0. The summed E-state index contributed by atoms with van der Waals surface area (Å²) in [5, 5.41) is 14.6. The number of hydrogen-bond acceptors (Lipinski definition) is 5. The van der Waals surface area contributed by atoms with Gasteiger partial charge in [0.25, 0.3) is 0 Å². The third kappa shape index (κ3) is 2.93. The fourth-order valence-corrected chi connectivity index (χ4v) is 2.63. The number of thiazole rings is 1. The average Bonchev–Trinajstić information content (AvgIpc) is 2.76. The van der Waals surface area contributed by atoms with Crippen LogP contribution in [0.2, 0.25) is 0 Å². The van der Waals surface area contributed by atoms with E-state index in [1.165, 1.54) is 11.3 Å². The summed E-state index contributed by atoms with van der Waals surface area (Å²) in [5.41, 5.74) is 0.631. The van der Waals surface area contributed by atoms with Crippen LogP contribution in [-0.2, 0) is 11.2 Å². The van der Waals surface area contributed by atoms with Crippen molar-refractivity contribution in [3.63, 3.8) is 0 Å². The molecule has 0 amide bonds. The number of rotatable bonds is 4. The van der Waals surface area contributed by atoms with Crippen molar-refractivity contribution in [2.75, 3.05) is 25.5 Å². The van der Waals surface area contributed by atoms with E-state index in [0.29, 0.717) is 11.7 Å². The number of aromatic nitrogens is 1. The fraction of sp³-hybridized carbons (Fsp3) is 0.600. The van der Waals surface area contributed by atoms with Gasteiger partial charge < -0.3 is 15.3 Å². The molecule has 5 nitrogen and oxygen atoms in total. The molecule has 2 rings (SSSR count). The molecule has 0 spiro atoms. The van der Waals surface area contributed by atoms with Crippen LogP contribution in [0.25, 0.3) is 0 Å². The van der Waals surface area contributed by atoms with Crippen LogP contribution in [0, 0.1) is 0 Å². The second-order valence-corrected chi connectivity index (χ2v) is 4.96. The highest BCUT2D eigenvalue weighted by atomic mass is 32.1. The highest BCUT2D eigenvalue weighted by Gasteiger charge is 2.20. The molecule has 88 valence electrons. The first kappa shape index (κ1) is 11.3. The number of hydrogen-bond donors (Lipinski definition) is 2. The number of carboxylic acid groups (broad SMARTS) is 1.